The first-order valence-electron chi connectivity index (χ1n) is 4.21. The number of carbonyl (C=O) groups excluding carboxylic acids is 1. The number of hydrogen-bond donors (Lipinski definition) is 0. The van der Waals surface area contributed by atoms with E-state index in [4.69, 9.17) is 4.74 Å². The fraction of sp³-hybridized carbons (Fsp3) is 0.400. The minimum absolute atomic E-state index is 0.342. The summed E-state index contributed by atoms with van der Waals surface area (Å²) in [6.07, 6.45) is 5.41. The molecular weight excluding hydrogens is 166 g/mol. The second-order valence-electron chi connectivity index (χ2n) is 3.02. The maximum atomic E-state index is 11.3. The van der Waals surface area contributed by atoms with Gasteiger partial charge in [-0.1, -0.05) is 11.6 Å². The second kappa shape index (κ2) is 4.60. The molecule has 0 aromatic carbocycles. The summed E-state index contributed by atoms with van der Waals surface area (Å²) in [5.74, 6) is -0.342. The molecule has 3 nitrogen and oxygen atoms in total. The van der Waals surface area contributed by atoms with Crippen LogP contribution < -0.4 is 0 Å². The van der Waals surface area contributed by atoms with Crippen LogP contribution in [0.3, 0.4) is 0 Å². The van der Waals surface area contributed by atoms with E-state index in [9.17, 15) is 4.79 Å². The molecule has 0 saturated carbocycles. The van der Waals surface area contributed by atoms with Gasteiger partial charge in [0.1, 0.15) is 12.3 Å². The van der Waals surface area contributed by atoms with Gasteiger partial charge in [-0.05, 0) is 26.0 Å². The summed E-state index contributed by atoms with van der Waals surface area (Å²) >= 11 is 0. The minimum Gasteiger partial charge on any atom is -0.457 e. The Labute approximate surface area is 77.8 Å². The predicted octanol–water partition coefficient (Wildman–Crippen LogP) is 1.51. The van der Waals surface area contributed by atoms with Gasteiger partial charge in [0.15, 0.2) is 0 Å². The Morgan fingerprint density at radius 2 is 2.31 bits per heavy atom. The molecule has 0 aliphatic carbocycles. The number of allylic oxidation sites excluding steroid dienone is 1. The van der Waals surface area contributed by atoms with Gasteiger partial charge in [0.05, 0.1) is 6.54 Å². The summed E-state index contributed by atoms with van der Waals surface area (Å²) in [7, 11) is 0. The van der Waals surface area contributed by atoms with Crippen LogP contribution in [0.15, 0.2) is 28.8 Å². The van der Waals surface area contributed by atoms with Crippen molar-refractivity contribution < 1.29 is 9.53 Å². The Hall–Kier alpha value is -1.38. The molecule has 0 bridgehead atoms. The van der Waals surface area contributed by atoms with Crippen LogP contribution in [-0.2, 0) is 9.53 Å². The number of ether oxygens (including phenoxy) is 1. The Bertz CT molecular complexity index is 283. The van der Waals surface area contributed by atoms with Gasteiger partial charge in [0.2, 0.25) is 0 Å². The topological polar surface area (TPSA) is 38.7 Å². The molecule has 0 spiro atoms. The average Bonchev–Trinajstić information content (AvgIpc) is 2.04. The quantitative estimate of drug-likeness (QED) is 0.452. The lowest BCUT2D eigenvalue weighted by atomic mass is 10.2. The zero-order valence-electron chi connectivity index (χ0n) is 7.91. The van der Waals surface area contributed by atoms with Gasteiger partial charge in [0.25, 0.3) is 0 Å². The molecule has 0 aromatic heterocycles. The molecule has 3 heteroatoms. The zero-order chi connectivity index (χ0) is 9.68. The van der Waals surface area contributed by atoms with Crippen LogP contribution in [0.2, 0.25) is 0 Å². The number of esters is 1. The molecule has 1 heterocycles. The summed E-state index contributed by atoms with van der Waals surface area (Å²) < 4.78 is 4.90. The van der Waals surface area contributed by atoms with E-state index >= 15 is 0 Å². The van der Waals surface area contributed by atoms with Gasteiger partial charge in [-0.15, -0.1) is 0 Å². The molecule has 0 fully saturated rings. The van der Waals surface area contributed by atoms with E-state index in [1.165, 1.54) is 0 Å². The lowest BCUT2D eigenvalue weighted by Crippen LogP contribution is -2.17. The number of rotatable bonds is 1. The fourth-order valence-corrected chi connectivity index (χ4v) is 0.934. The van der Waals surface area contributed by atoms with E-state index < -0.39 is 0 Å². The van der Waals surface area contributed by atoms with Crippen molar-refractivity contribution in [3.63, 3.8) is 0 Å². The van der Waals surface area contributed by atoms with E-state index in [1.807, 2.05) is 19.9 Å². The third-order valence-corrected chi connectivity index (χ3v) is 1.48. The van der Waals surface area contributed by atoms with E-state index in [0.29, 0.717) is 18.9 Å². The highest BCUT2D eigenvalue weighted by molar-refractivity contribution is 6.41. The second-order valence-corrected chi connectivity index (χ2v) is 3.02. The Kier molecular flexibility index (Phi) is 3.43. The monoisotopic (exact) mass is 179 g/mol. The third-order valence-electron chi connectivity index (χ3n) is 1.48. The Balaban J connectivity index is 2.82. The van der Waals surface area contributed by atoms with Gasteiger partial charge >= 0.3 is 5.97 Å². The van der Waals surface area contributed by atoms with Crippen molar-refractivity contribution in [2.24, 2.45) is 4.99 Å². The van der Waals surface area contributed by atoms with Crippen LogP contribution in [0.25, 0.3) is 0 Å². The van der Waals surface area contributed by atoms with Crippen LogP contribution >= 0.6 is 0 Å². The number of carbonyl (C=O) groups is 1. The number of nitrogens with zero attached hydrogens (tertiary/aromatic N) is 1. The van der Waals surface area contributed by atoms with E-state index in [1.54, 1.807) is 12.2 Å². The predicted molar refractivity (Wildman–Crippen MR) is 51.8 cm³/mol. The van der Waals surface area contributed by atoms with Gasteiger partial charge in [-0.25, -0.2) is 4.79 Å². The molecule has 0 atom stereocenters. The van der Waals surface area contributed by atoms with Gasteiger partial charge in [-0.3, -0.25) is 4.99 Å². The number of aliphatic imine (C=N–C) groups is 1. The number of cyclic esters (lactones) is 1. The fourth-order valence-electron chi connectivity index (χ4n) is 0.934. The van der Waals surface area contributed by atoms with Crippen molar-refractivity contribution >= 4 is 11.7 Å². The molecular formula is C10H13NO2. The maximum Gasteiger partial charge on any atom is 0.356 e. The maximum absolute atomic E-state index is 11.3. The molecule has 0 aromatic rings. The lowest BCUT2D eigenvalue weighted by molar-refractivity contribution is -0.134. The number of hydrogen-bond acceptors (Lipinski definition) is 3. The van der Waals surface area contributed by atoms with Gasteiger partial charge in [0, 0.05) is 0 Å². The summed E-state index contributed by atoms with van der Waals surface area (Å²) in [5, 5.41) is 0. The van der Waals surface area contributed by atoms with Crippen LogP contribution in [0, 0.1) is 0 Å². The average molecular weight is 179 g/mol. The van der Waals surface area contributed by atoms with Crippen molar-refractivity contribution in [1.29, 1.82) is 0 Å². The first-order chi connectivity index (χ1) is 6.20. The SMILES string of the molecule is CC(C)=C/C1=N/C/C=C\COC1=O. The first kappa shape index (κ1) is 9.71. The molecule has 0 unspecified atom stereocenters. The standard InChI is InChI=1S/C10H13NO2/c1-8(2)7-9-10(12)13-6-4-3-5-11-9/h3-4,7H,5-6H2,1-2H3/b4-3-,11-9-. The van der Waals surface area contributed by atoms with Crippen LogP contribution in [0.5, 0.6) is 0 Å². The third kappa shape index (κ3) is 3.23. The normalized spacial score (nSPS) is 23.2. The van der Waals surface area contributed by atoms with Crippen molar-refractivity contribution in [1.82, 2.24) is 0 Å². The molecule has 0 saturated heterocycles. The smallest absolute Gasteiger partial charge is 0.356 e. The van der Waals surface area contributed by atoms with Gasteiger partial charge in [-0.2, -0.15) is 0 Å². The van der Waals surface area contributed by atoms with Crippen molar-refractivity contribution in [2.45, 2.75) is 13.8 Å². The summed E-state index contributed by atoms with van der Waals surface area (Å²) in [4.78, 5) is 15.4. The molecule has 1 aliphatic rings. The van der Waals surface area contributed by atoms with E-state index in [0.717, 1.165) is 5.57 Å². The molecule has 70 valence electrons. The van der Waals surface area contributed by atoms with Crippen molar-refractivity contribution in [3.8, 4) is 0 Å². The van der Waals surface area contributed by atoms with E-state index in [-0.39, 0.29) is 5.97 Å². The van der Waals surface area contributed by atoms with Crippen LogP contribution in [0.4, 0.5) is 0 Å². The minimum atomic E-state index is -0.342. The molecule has 0 N–H and O–H groups in total. The highest BCUT2D eigenvalue weighted by Gasteiger charge is 2.09. The summed E-state index contributed by atoms with van der Waals surface area (Å²) in [5.41, 5.74) is 1.45. The zero-order valence-corrected chi connectivity index (χ0v) is 7.91. The lowest BCUT2D eigenvalue weighted by Gasteiger charge is -2.04. The van der Waals surface area contributed by atoms with E-state index in [2.05, 4.69) is 4.99 Å². The largest absolute Gasteiger partial charge is 0.457 e. The first-order valence-corrected chi connectivity index (χ1v) is 4.21. The molecule has 1 rings (SSSR count). The molecule has 0 radical (unpaired) electrons. The summed E-state index contributed by atoms with van der Waals surface area (Å²) in [6.45, 7) is 4.73. The van der Waals surface area contributed by atoms with Crippen LogP contribution in [-0.4, -0.2) is 24.8 Å². The summed E-state index contributed by atoms with van der Waals surface area (Å²) in [6, 6.07) is 0. The molecule has 13 heavy (non-hydrogen) atoms. The Morgan fingerprint density at radius 1 is 1.54 bits per heavy atom. The molecule has 1 aliphatic heterocycles. The highest BCUT2D eigenvalue weighted by atomic mass is 16.5. The molecule has 0 amide bonds. The van der Waals surface area contributed by atoms with Crippen LogP contribution in [0.1, 0.15) is 13.8 Å². The van der Waals surface area contributed by atoms with Crippen molar-refractivity contribution in [3.05, 3.63) is 23.8 Å². The van der Waals surface area contributed by atoms with Crippen molar-refractivity contribution in [2.75, 3.05) is 13.2 Å². The van der Waals surface area contributed by atoms with Gasteiger partial charge < -0.3 is 4.74 Å². The Morgan fingerprint density at radius 3 is 3.00 bits per heavy atom. The highest BCUT2D eigenvalue weighted by Crippen LogP contribution is 1.97.